The molecule has 0 radical (unpaired) electrons. The van der Waals surface area contributed by atoms with E-state index >= 15 is 0 Å². The van der Waals surface area contributed by atoms with Crippen LogP contribution in [0.4, 0.5) is 11.4 Å². The lowest BCUT2D eigenvalue weighted by atomic mass is 9.63. The molecular formula is C17H13BrN2O4. The second-order valence-corrected chi connectivity index (χ2v) is 7.97. The highest BCUT2D eigenvalue weighted by atomic mass is 79.9. The van der Waals surface area contributed by atoms with Gasteiger partial charge in [0.2, 0.25) is 11.8 Å². The molecule has 0 spiro atoms. The van der Waals surface area contributed by atoms with Crippen molar-refractivity contribution >= 4 is 39.1 Å². The first kappa shape index (κ1) is 14.3. The van der Waals surface area contributed by atoms with Crippen molar-refractivity contribution in [2.24, 2.45) is 35.5 Å². The molecule has 1 heterocycles. The molecule has 0 unspecified atom stereocenters. The number of amides is 2. The second-order valence-electron chi connectivity index (χ2n) is 7.06. The number of carbonyl (C=O) groups excluding carboxylic acids is 2. The molecule has 3 fully saturated rings. The van der Waals surface area contributed by atoms with E-state index in [1.54, 1.807) is 6.07 Å². The summed E-state index contributed by atoms with van der Waals surface area (Å²) < 4.78 is 0.539. The highest BCUT2D eigenvalue weighted by Crippen LogP contribution is 2.65. The summed E-state index contributed by atoms with van der Waals surface area (Å²) in [5, 5.41) is 11.4. The first-order valence-corrected chi connectivity index (χ1v) is 8.78. The van der Waals surface area contributed by atoms with Crippen LogP contribution in [0, 0.1) is 45.6 Å². The van der Waals surface area contributed by atoms with Crippen LogP contribution in [0.5, 0.6) is 0 Å². The number of hydrogen-bond acceptors (Lipinski definition) is 4. The van der Waals surface area contributed by atoms with Gasteiger partial charge in [-0.2, -0.15) is 0 Å². The molecule has 0 N–H and O–H groups in total. The summed E-state index contributed by atoms with van der Waals surface area (Å²) in [6.45, 7) is 0. The number of allylic oxidation sites excluding steroid dienone is 2. The molecular weight excluding hydrogens is 376 g/mol. The first-order chi connectivity index (χ1) is 11.5. The Bertz CT molecular complexity index is 815. The van der Waals surface area contributed by atoms with Gasteiger partial charge in [0.1, 0.15) is 5.69 Å². The van der Waals surface area contributed by atoms with Gasteiger partial charge in [-0.3, -0.25) is 19.7 Å². The van der Waals surface area contributed by atoms with Crippen molar-refractivity contribution in [3.8, 4) is 0 Å². The third-order valence-corrected chi connectivity index (χ3v) is 6.53. The van der Waals surface area contributed by atoms with Crippen LogP contribution in [-0.2, 0) is 9.59 Å². The van der Waals surface area contributed by atoms with Crippen molar-refractivity contribution in [3.05, 3.63) is 44.9 Å². The monoisotopic (exact) mass is 388 g/mol. The quantitative estimate of drug-likeness (QED) is 0.337. The van der Waals surface area contributed by atoms with E-state index in [4.69, 9.17) is 0 Å². The van der Waals surface area contributed by atoms with E-state index in [0.717, 1.165) is 11.3 Å². The molecule has 1 aromatic rings. The number of rotatable bonds is 2. The van der Waals surface area contributed by atoms with Crippen LogP contribution in [-0.4, -0.2) is 16.7 Å². The number of benzene rings is 1. The zero-order valence-electron chi connectivity index (χ0n) is 12.5. The normalized spacial score (nSPS) is 38.3. The van der Waals surface area contributed by atoms with E-state index in [-0.39, 0.29) is 46.9 Å². The molecule has 6 nitrogen and oxygen atoms in total. The van der Waals surface area contributed by atoms with Gasteiger partial charge in [0, 0.05) is 10.5 Å². The van der Waals surface area contributed by atoms with Crippen LogP contribution in [0.1, 0.15) is 6.42 Å². The van der Waals surface area contributed by atoms with Gasteiger partial charge in [0.05, 0.1) is 16.8 Å². The van der Waals surface area contributed by atoms with Gasteiger partial charge < -0.3 is 0 Å². The van der Waals surface area contributed by atoms with E-state index in [1.165, 1.54) is 12.1 Å². The van der Waals surface area contributed by atoms with Gasteiger partial charge in [-0.25, -0.2) is 4.90 Å². The Balaban J connectivity index is 1.61. The Morgan fingerprint density at radius 1 is 1.08 bits per heavy atom. The molecule has 2 saturated carbocycles. The maximum atomic E-state index is 13.0. The fourth-order valence-corrected chi connectivity index (χ4v) is 5.38. The summed E-state index contributed by atoms with van der Waals surface area (Å²) in [6.07, 6.45) is 5.27. The fourth-order valence-electron chi connectivity index (χ4n) is 5.03. The summed E-state index contributed by atoms with van der Waals surface area (Å²) in [7, 11) is 0. The molecule has 6 atom stereocenters. The highest BCUT2D eigenvalue weighted by molar-refractivity contribution is 9.10. The number of imide groups is 1. The van der Waals surface area contributed by atoms with Crippen molar-refractivity contribution in [1.82, 2.24) is 0 Å². The third-order valence-electron chi connectivity index (χ3n) is 6.04. The molecule has 6 rings (SSSR count). The maximum absolute atomic E-state index is 13.0. The number of carbonyl (C=O) groups is 2. The van der Waals surface area contributed by atoms with Crippen molar-refractivity contribution in [3.63, 3.8) is 0 Å². The largest absolute Gasteiger partial charge is 0.294 e. The standard InChI is InChI=1S/C17H13BrN2O4/c18-7-1-4-12(13(5-7)20(23)24)19-16(21)14-8-2-3-9(11-6-10(8)11)15(14)17(19)22/h1-5,8-11,14-15H,6H2/t8-,9-,10-,11+,14-,15+/m0/s1. The second kappa shape index (κ2) is 4.53. The third kappa shape index (κ3) is 1.65. The lowest BCUT2D eigenvalue weighted by Gasteiger charge is -2.37. The number of halogens is 1. The minimum Gasteiger partial charge on any atom is -0.274 e. The molecule has 7 heteroatoms. The molecule has 24 heavy (non-hydrogen) atoms. The average molecular weight is 389 g/mol. The molecule has 122 valence electrons. The van der Waals surface area contributed by atoms with Gasteiger partial charge in [-0.15, -0.1) is 0 Å². The van der Waals surface area contributed by atoms with Crippen LogP contribution >= 0.6 is 15.9 Å². The van der Waals surface area contributed by atoms with Gasteiger partial charge >= 0.3 is 0 Å². The Kier molecular flexibility index (Phi) is 2.71. The predicted molar refractivity (Wildman–Crippen MR) is 88.0 cm³/mol. The molecule has 2 amide bonds. The summed E-state index contributed by atoms with van der Waals surface area (Å²) in [5.74, 6) is -0.00290. The van der Waals surface area contributed by atoms with Gasteiger partial charge in [0.15, 0.2) is 0 Å². The zero-order chi connectivity index (χ0) is 16.7. The van der Waals surface area contributed by atoms with Crippen molar-refractivity contribution in [2.75, 3.05) is 4.90 Å². The Hall–Kier alpha value is -2.02. The average Bonchev–Trinajstić information content (AvgIpc) is 3.33. The smallest absolute Gasteiger partial charge is 0.274 e. The number of nitrogens with zero attached hydrogens (tertiary/aromatic N) is 2. The van der Waals surface area contributed by atoms with Crippen molar-refractivity contribution in [1.29, 1.82) is 0 Å². The summed E-state index contributed by atoms with van der Waals surface area (Å²) in [5.41, 5.74) is -0.143. The van der Waals surface area contributed by atoms with E-state index in [1.807, 2.05) is 0 Å². The number of anilines is 1. The maximum Gasteiger partial charge on any atom is 0.294 e. The molecule has 0 aromatic heterocycles. The Labute approximate surface area is 145 Å². The summed E-state index contributed by atoms with van der Waals surface area (Å²) in [4.78, 5) is 37.9. The Morgan fingerprint density at radius 2 is 1.67 bits per heavy atom. The Morgan fingerprint density at radius 3 is 2.21 bits per heavy atom. The SMILES string of the molecule is O=C1[C@@H]2[C@H]3C=C[C@@H]([C@@H]4C[C@H]34)[C@@H]2C(=O)N1c1ccc(Br)cc1[N+](=O)[O-]. The predicted octanol–water partition coefficient (Wildman–Crippen LogP) is 2.91. The molecule has 1 saturated heterocycles. The molecule has 1 aromatic carbocycles. The summed E-state index contributed by atoms with van der Waals surface area (Å²) in [6, 6.07) is 4.43. The fraction of sp³-hybridized carbons (Fsp3) is 0.412. The van der Waals surface area contributed by atoms with Crippen LogP contribution in [0.25, 0.3) is 0 Å². The zero-order valence-corrected chi connectivity index (χ0v) is 14.0. The van der Waals surface area contributed by atoms with E-state index in [0.29, 0.717) is 16.3 Å². The van der Waals surface area contributed by atoms with Gasteiger partial charge in [-0.05, 0) is 42.2 Å². The van der Waals surface area contributed by atoms with E-state index in [9.17, 15) is 19.7 Å². The van der Waals surface area contributed by atoms with Crippen LogP contribution < -0.4 is 4.90 Å². The van der Waals surface area contributed by atoms with Gasteiger partial charge in [-0.1, -0.05) is 28.1 Å². The van der Waals surface area contributed by atoms with Gasteiger partial charge in [0.25, 0.3) is 5.69 Å². The minimum atomic E-state index is -0.549. The molecule has 2 bridgehead atoms. The highest BCUT2D eigenvalue weighted by Gasteiger charge is 2.67. The minimum absolute atomic E-state index is 0.0840. The lowest BCUT2D eigenvalue weighted by molar-refractivity contribution is -0.384. The number of nitro benzene ring substituents is 1. The molecule has 5 aliphatic rings. The van der Waals surface area contributed by atoms with Crippen LogP contribution in [0.15, 0.2) is 34.8 Å². The number of nitro groups is 1. The lowest BCUT2D eigenvalue weighted by Crippen LogP contribution is -2.40. The number of hydrogen-bond donors (Lipinski definition) is 0. The van der Waals surface area contributed by atoms with Crippen molar-refractivity contribution in [2.45, 2.75) is 6.42 Å². The summed E-state index contributed by atoms with van der Waals surface area (Å²) >= 11 is 3.20. The topological polar surface area (TPSA) is 80.5 Å². The molecule has 1 aliphatic heterocycles. The van der Waals surface area contributed by atoms with Crippen LogP contribution in [0.3, 0.4) is 0 Å². The van der Waals surface area contributed by atoms with Crippen LogP contribution in [0.2, 0.25) is 0 Å². The van der Waals surface area contributed by atoms with E-state index in [2.05, 4.69) is 28.1 Å². The van der Waals surface area contributed by atoms with E-state index < -0.39 is 4.92 Å². The first-order valence-electron chi connectivity index (χ1n) is 7.99. The molecule has 4 aliphatic carbocycles. The van der Waals surface area contributed by atoms with Crippen molar-refractivity contribution < 1.29 is 14.5 Å².